The van der Waals surface area contributed by atoms with Crippen LogP contribution in [-0.4, -0.2) is 22.5 Å². The Kier molecular flexibility index (Phi) is 3.04. The summed E-state index contributed by atoms with van der Waals surface area (Å²) in [5.41, 5.74) is 3.77. The van der Waals surface area contributed by atoms with Crippen LogP contribution in [0.1, 0.15) is 12.0 Å². The number of amides is 2. The van der Waals surface area contributed by atoms with E-state index in [4.69, 9.17) is 0 Å². The fourth-order valence-electron chi connectivity index (χ4n) is 2.99. The molecule has 3 aromatic rings. The number of aryl methyl sites for hydroxylation is 1. The van der Waals surface area contributed by atoms with Crippen LogP contribution in [-0.2, 0) is 6.42 Å². The summed E-state index contributed by atoms with van der Waals surface area (Å²) in [6.07, 6.45) is 5.52. The number of carbonyl (C=O) groups excluding carboxylic acids is 1. The Labute approximate surface area is 128 Å². The first-order valence-corrected chi connectivity index (χ1v) is 7.41. The van der Waals surface area contributed by atoms with Crippen molar-refractivity contribution in [2.24, 2.45) is 0 Å². The zero-order valence-corrected chi connectivity index (χ0v) is 12.0. The van der Waals surface area contributed by atoms with Crippen LogP contribution >= 0.6 is 0 Å². The topological polar surface area (TPSA) is 61.0 Å². The first-order valence-electron chi connectivity index (χ1n) is 7.41. The van der Waals surface area contributed by atoms with Gasteiger partial charge in [0.2, 0.25) is 0 Å². The Morgan fingerprint density at radius 3 is 3.09 bits per heavy atom. The van der Waals surface area contributed by atoms with E-state index in [9.17, 15) is 4.79 Å². The van der Waals surface area contributed by atoms with Gasteiger partial charge in [-0.1, -0.05) is 18.2 Å². The molecule has 0 unspecified atom stereocenters. The zero-order chi connectivity index (χ0) is 14.9. The maximum absolute atomic E-state index is 12.7. The predicted molar refractivity (Wildman–Crippen MR) is 87.2 cm³/mol. The van der Waals surface area contributed by atoms with Crippen molar-refractivity contribution < 1.29 is 4.79 Å². The van der Waals surface area contributed by atoms with Gasteiger partial charge in [0.15, 0.2) is 0 Å². The number of H-pyrrole nitrogens is 1. The van der Waals surface area contributed by atoms with Crippen LogP contribution in [0, 0.1) is 0 Å². The number of nitrogens with one attached hydrogen (secondary N) is 2. The highest BCUT2D eigenvalue weighted by Gasteiger charge is 2.22. The normalized spacial score (nSPS) is 13.9. The van der Waals surface area contributed by atoms with Crippen LogP contribution in [0.25, 0.3) is 11.0 Å². The van der Waals surface area contributed by atoms with E-state index in [0.717, 1.165) is 41.8 Å². The number of anilines is 2. The van der Waals surface area contributed by atoms with Gasteiger partial charge in [0, 0.05) is 30.0 Å². The lowest BCUT2D eigenvalue weighted by Gasteiger charge is -2.29. The van der Waals surface area contributed by atoms with Crippen LogP contribution in [0.3, 0.4) is 0 Å². The van der Waals surface area contributed by atoms with Gasteiger partial charge in [-0.05, 0) is 36.6 Å². The standard InChI is InChI=1S/C17H16N4O/c22-17(20-14-11-19-16-13(14)7-3-9-18-16)21-10-4-6-12-5-1-2-8-15(12)21/h1-3,5,7-9,11H,4,6,10H2,(H,18,19)(H,20,22). The summed E-state index contributed by atoms with van der Waals surface area (Å²) in [6.45, 7) is 0.740. The number of fused-ring (bicyclic) bond motifs is 2. The third-order valence-corrected chi connectivity index (χ3v) is 4.05. The summed E-state index contributed by atoms with van der Waals surface area (Å²) in [5, 5.41) is 3.91. The van der Waals surface area contributed by atoms with E-state index in [1.54, 1.807) is 12.4 Å². The summed E-state index contributed by atoms with van der Waals surface area (Å²) in [6, 6.07) is 11.8. The van der Waals surface area contributed by atoms with Gasteiger partial charge in [-0.3, -0.25) is 4.90 Å². The van der Waals surface area contributed by atoms with Gasteiger partial charge >= 0.3 is 6.03 Å². The second-order valence-corrected chi connectivity index (χ2v) is 5.42. The van der Waals surface area contributed by atoms with Crippen molar-refractivity contribution in [3.05, 3.63) is 54.4 Å². The number of hydrogen-bond donors (Lipinski definition) is 2. The highest BCUT2D eigenvalue weighted by Crippen LogP contribution is 2.28. The van der Waals surface area contributed by atoms with E-state index in [0.29, 0.717) is 0 Å². The molecule has 0 radical (unpaired) electrons. The molecule has 0 fully saturated rings. The maximum Gasteiger partial charge on any atom is 0.326 e. The number of nitrogens with zero attached hydrogens (tertiary/aromatic N) is 2. The van der Waals surface area contributed by atoms with Gasteiger partial charge < -0.3 is 10.3 Å². The number of rotatable bonds is 1. The molecule has 110 valence electrons. The fourth-order valence-corrected chi connectivity index (χ4v) is 2.99. The highest BCUT2D eigenvalue weighted by atomic mass is 16.2. The zero-order valence-electron chi connectivity index (χ0n) is 12.0. The molecule has 0 aliphatic carbocycles. The Bertz CT molecular complexity index is 839. The molecule has 2 N–H and O–H groups in total. The predicted octanol–water partition coefficient (Wildman–Crippen LogP) is 3.55. The van der Waals surface area contributed by atoms with E-state index >= 15 is 0 Å². The molecule has 2 aromatic heterocycles. The first-order chi connectivity index (χ1) is 10.8. The second kappa shape index (κ2) is 5.18. The molecule has 2 amide bonds. The molecule has 22 heavy (non-hydrogen) atoms. The SMILES string of the molecule is O=C(Nc1c[nH]c2ncccc12)N1CCCc2ccccc21. The fraction of sp³-hybridized carbons (Fsp3) is 0.176. The number of hydrogen-bond acceptors (Lipinski definition) is 2. The number of aromatic amines is 1. The smallest absolute Gasteiger partial charge is 0.326 e. The molecular weight excluding hydrogens is 276 g/mol. The average molecular weight is 292 g/mol. The average Bonchev–Trinajstić information content (AvgIpc) is 2.97. The van der Waals surface area contributed by atoms with Gasteiger partial charge in [0.1, 0.15) is 5.65 Å². The van der Waals surface area contributed by atoms with E-state index in [1.165, 1.54) is 5.56 Å². The minimum atomic E-state index is -0.100. The lowest BCUT2D eigenvalue weighted by molar-refractivity contribution is 0.256. The molecule has 5 nitrogen and oxygen atoms in total. The molecule has 0 bridgehead atoms. The minimum Gasteiger partial charge on any atom is -0.344 e. The second-order valence-electron chi connectivity index (χ2n) is 5.42. The number of benzene rings is 1. The van der Waals surface area contributed by atoms with Crippen molar-refractivity contribution in [2.75, 3.05) is 16.8 Å². The van der Waals surface area contributed by atoms with Gasteiger partial charge in [-0.25, -0.2) is 9.78 Å². The highest BCUT2D eigenvalue weighted by molar-refractivity contribution is 6.07. The summed E-state index contributed by atoms with van der Waals surface area (Å²) < 4.78 is 0. The van der Waals surface area contributed by atoms with Crippen molar-refractivity contribution in [3.8, 4) is 0 Å². The number of para-hydroxylation sites is 1. The van der Waals surface area contributed by atoms with Crippen LogP contribution in [0.15, 0.2) is 48.8 Å². The van der Waals surface area contributed by atoms with E-state index < -0.39 is 0 Å². The Balaban J connectivity index is 1.63. The molecular formula is C17H16N4O. The monoisotopic (exact) mass is 292 g/mol. The largest absolute Gasteiger partial charge is 0.344 e. The number of aromatic nitrogens is 2. The number of carbonyl (C=O) groups is 1. The van der Waals surface area contributed by atoms with Crippen molar-refractivity contribution in [2.45, 2.75) is 12.8 Å². The van der Waals surface area contributed by atoms with Crippen LogP contribution in [0.5, 0.6) is 0 Å². The van der Waals surface area contributed by atoms with Gasteiger partial charge in [-0.15, -0.1) is 0 Å². The van der Waals surface area contributed by atoms with Crippen molar-refractivity contribution in [1.29, 1.82) is 0 Å². The number of pyridine rings is 1. The number of urea groups is 1. The Hall–Kier alpha value is -2.82. The molecule has 1 aliphatic rings. The quantitative estimate of drug-likeness (QED) is 0.720. The lowest BCUT2D eigenvalue weighted by atomic mass is 10.0. The Morgan fingerprint density at radius 1 is 1.23 bits per heavy atom. The van der Waals surface area contributed by atoms with Crippen LogP contribution in [0.2, 0.25) is 0 Å². The van der Waals surface area contributed by atoms with Crippen molar-refractivity contribution in [3.63, 3.8) is 0 Å². The molecule has 5 heteroatoms. The molecule has 1 aliphatic heterocycles. The Morgan fingerprint density at radius 2 is 2.14 bits per heavy atom. The lowest BCUT2D eigenvalue weighted by Crippen LogP contribution is -2.38. The molecule has 0 saturated carbocycles. The van der Waals surface area contributed by atoms with Gasteiger partial charge in [0.25, 0.3) is 0 Å². The van der Waals surface area contributed by atoms with Crippen LogP contribution in [0.4, 0.5) is 16.2 Å². The molecule has 4 rings (SSSR count). The maximum atomic E-state index is 12.7. The van der Waals surface area contributed by atoms with Crippen molar-refractivity contribution >= 4 is 28.4 Å². The summed E-state index contributed by atoms with van der Waals surface area (Å²) in [5.74, 6) is 0. The third kappa shape index (κ3) is 2.11. The van der Waals surface area contributed by atoms with Crippen molar-refractivity contribution in [1.82, 2.24) is 9.97 Å². The molecule has 0 atom stereocenters. The minimum absolute atomic E-state index is 0.100. The van der Waals surface area contributed by atoms with E-state index in [1.807, 2.05) is 35.2 Å². The van der Waals surface area contributed by atoms with E-state index in [2.05, 4.69) is 21.4 Å². The molecule has 1 aromatic carbocycles. The van der Waals surface area contributed by atoms with E-state index in [-0.39, 0.29) is 6.03 Å². The summed E-state index contributed by atoms with van der Waals surface area (Å²) in [4.78, 5) is 21.8. The van der Waals surface area contributed by atoms with Gasteiger partial charge in [0.05, 0.1) is 5.69 Å². The summed E-state index contributed by atoms with van der Waals surface area (Å²) >= 11 is 0. The summed E-state index contributed by atoms with van der Waals surface area (Å²) in [7, 11) is 0. The first kappa shape index (κ1) is 12.9. The third-order valence-electron chi connectivity index (χ3n) is 4.05. The van der Waals surface area contributed by atoms with Crippen LogP contribution < -0.4 is 10.2 Å². The molecule has 0 spiro atoms. The molecule has 0 saturated heterocycles. The van der Waals surface area contributed by atoms with Gasteiger partial charge in [-0.2, -0.15) is 0 Å². The molecule has 3 heterocycles.